The fourth-order valence-electron chi connectivity index (χ4n) is 0.652. The van der Waals surface area contributed by atoms with Gasteiger partial charge >= 0.3 is 0 Å². The summed E-state index contributed by atoms with van der Waals surface area (Å²) in [6.45, 7) is 0.387. The largest absolute Gasteiger partial charge is 0.384 e. The number of halogens is 1. The second kappa shape index (κ2) is 4.52. The van der Waals surface area contributed by atoms with Gasteiger partial charge in [0.1, 0.15) is 0 Å². The zero-order valence-electron chi connectivity index (χ0n) is 10.2. The van der Waals surface area contributed by atoms with E-state index in [4.69, 9.17) is 10.2 Å². The number of hydrogen-bond donors (Lipinski definition) is 0. The van der Waals surface area contributed by atoms with E-state index in [1.807, 2.05) is 0 Å². The van der Waals surface area contributed by atoms with Crippen molar-refractivity contribution in [3.8, 4) is 0 Å². The van der Waals surface area contributed by atoms with E-state index in [1.54, 1.807) is 0 Å². The van der Waals surface area contributed by atoms with Crippen LogP contribution in [0.3, 0.4) is 0 Å². The zero-order chi connectivity index (χ0) is 11.6. The molecule has 1 nitrogen and oxygen atoms in total. The molecule has 1 rings (SSSR count). The fraction of sp³-hybridized carbons (Fsp3) is 0.333. The van der Waals surface area contributed by atoms with Gasteiger partial charge in [-0.2, -0.15) is 0 Å². The van der Waals surface area contributed by atoms with Crippen LogP contribution in [0.1, 0.15) is 11.0 Å². The Morgan fingerprint density at radius 1 is 1.45 bits per heavy atom. The molecule has 1 aromatic rings. The number of methoxy groups -OCH3 is 1. The van der Waals surface area contributed by atoms with E-state index in [0.717, 1.165) is 0 Å². The Labute approximate surface area is 81.1 Å². The van der Waals surface area contributed by atoms with Crippen LogP contribution < -0.4 is 0 Å². The monoisotopic (exact) mass is 218 g/mol. The van der Waals surface area contributed by atoms with Gasteiger partial charge in [0.05, 0.1) is 12.1 Å². The van der Waals surface area contributed by atoms with Crippen LogP contribution in [-0.2, 0) is 11.2 Å². The van der Waals surface area contributed by atoms with E-state index < -0.39 is 0 Å². The first kappa shape index (κ1) is 4.63. The van der Waals surface area contributed by atoms with Gasteiger partial charge < -0.3 is 4.74 Å². The van der Waals surface area contributed by atoms with Crippen molar-refractivity contribution in [3.63, 3.8) is 0 Å². The molecule has 0 amide bonds. The summed E-state index contributed by atoms with van der Waals surface area (Å²) in [7, 11) is 1.54. The van der Waals surface area contributed by atoms with Crippen molar-refractivity contribution in [2.45, 2.75) is 6.42 Å². The molecule has 0 radical (unpaired) electrons. The molecule has 0 aromatic heterocycles. The normalized spacial score (nSPS) is 15.1. The molecule has 60 valence electrons. The highest BCUT2D eigenvalue weighted by atomic mass is 79.9. The summed E-state index contributed by atoms with van der Waals surface area (Å²) in [6.07, 6.45) is 0.388. The maximum Gasteiger partial charge on any atom is 0.0635 e. The number of hydrogen-bond acceptors (Lipinski definition) is 1. The Balaban J connectivity index is 3.26. The molecule has 0 spiro atoms. The molecule has 0 atom stereocenters. The SMILES string of the molecule is [2H]c1c([2H])c(CCOC)c([2H])c([2H])c1Br. The predicted octanol–water partition coefficient (Wildman–Crippen LogP) is 2.64. The molecule has 0 unspecified atom stereocenters. The second-order valence-corrected chi connectivity index (χ2v) is 2.83. The lowest BCUT2D eigenvalue weighted by atomic mass is 10.2. The van der Waals surface area contributed by atoms with Crippen LogP contribution in [0.15, 0.2) is 28.6 Å². The Kier molecular flexibility index (Phi) is 1.90. The van der Waals surface area contributed by atoms with Gasteiger partial charge in [0, 0.05) is 11.6 Å². The highest BCUT2D eigenvalue weighted by Crippen LogP contribution is 2.10. The summed E-state index contributed by atoms with van der Waals surface area (Å²) in [5.41, 5.74) is 0.398. The lowest BCUT2D eigenvalue weighted by Gasteiger charge is -1.99. The van der Waals surface area contributed by atoms with E-state index in [9.17, 15) is 0 Å². The van der Waals surface area contributed by atoms with Gasteiger partial charge in [-0.15, -0.1) is 0 Å². The Bertz CT molecular complexity index is 352. The smallest absolute Gasteiger partial charge is 0.0635 e. The first-order valence-electron chi connectivity index (χ1n) is 5.24. The van der Waals surface area contributed by atoms with Crippen LogP contribution in [0.2, 0.25) is 0 Å². The van der Waals surface area contributed by atoms with E-state index in [0.29, 0.717) is 18.6 Å². The van der Waals surface area contributed by atoms with Crippen molar-refractivity contribution >= 4 is 15.9 Å². The van der Waals surface area contributed by atoms with Gasteiger partial charge in [0.15, 0.2) is 0 Å². The fourth-order valence-corrected chi connectivity index (χ4v) is 0.851. The van der Waals surface area contributed by atoms with Crippen LogP contribution in [-0.4, -0.2) is 13.7 Å². The molecule has 2 heteroatoms. The van der Waals surface area contributed by atoms with Gasteiger partial charge in [-0.3, -0.25) is 0 Å². The number of ether oxygens (including phenoxy) is 1. The molecule has 0 fully saturated rings. The summed E-state index contributed by atoms with van der Waals surface area (Å²) in [6, 6.07) is -0.0796. The first-order chi connectivity index (χ1) is 7.00. The van der Waals surface area contributed by atoms with Crippen LogP contribution >= 0.6 is 15.9 Å². The van der Waals surface area contributed by atoms with Gasteiger partial charge in [0.2, 0.25) is 0 Å². The van der Waals surface area contributed by atoms with Crippen LogP contribution in [0.5, 0.6) is 0 Å². The summed E-state index contributed by atoms with van der Waals surface area (Å²) in [5, 5.41) is 0. The maximum atomic E-state index is 7.68. The Morgan fingerprint density at radius 3 is 2.64 bits per heavy atom. The molecular formula is C9H11BrO. The van der Waals surface area contributed by atoms with E-state index in [2.05, 4.69) is 15.9 Å². The highest BCUT2D eigenvalue weighted by molar-refractivity contribution is 9.10. The molecular weight excluding hydrogens is 204 g/mol. The topological polar surface area (TPSA) is 9.23 Å². The third kappa shape index (κ3) is 3.04. The van der Waals surface area contributed by atoms with Crippen LogP contribution in [0, 0.1) is 0 Å². The van der Waals surface area contributed by atoms with Gasteiger partial charge in [-0.05, 0) is 24.1 Å². The van der Waals surface area contributed by atoms with Gasteiger partial charge in [-0.1, -0.05) is 28.0 Å². The van der Waals surface area contributed by atoms with E-state index in [-0.39, 0.29) is 28.6 Å². The average molecular weight is 219 g/mol. The van der Waals surface area contributed by atoms with Crippen molar-refractivity contribution in [1.29, 1.82) is 0 Å². The van der Waals surface area contributed by atoms with Gasteiger partial charge in [0.25, 0.3) is 0 Å². The van der Waals surface area contributed by atoms with Crippen molar-refractivity contribution in [2.24, 2.45) is 0 Å². The van der Waals surface area contributed by atoms with Crippen LogP contribution in [0.4, 0.5) is 0 Å². The first-order valence-corrected chi connectivity index (χ1v) is 4.03. The minimum absolute atomic E-state index is 0.0000694. The number of rotatable bonds is 3. The molecule has 0 aliphatic heterocycles. The van der Waals surface area contributed by atoms with Gasteiger partial charge in [-0.25, -0.2) is 0 Å². The maximum absolute atomic E-state index is 7.68. The lowest BCUT2D eigenvalue weighted by Crippen LogP contribution is -1.93. The summed E-state index contributed by atoms with van der Waals surface area (Å²) in [4.78, 5) is 0. The molecule has 0 aliphatic carbocycles. The van der Waals surface area contributed by atoms with Crippen molar-refractivity contribution in [1.82, 2.24) is 0 Å². The minimum Gasteiger partial charge on any atom is -0.384 e. The predicted molar refractivity (Wildman–Crippen MR) is 49.7 cm³/mol. The third-order valence-electron chi connectivity index (χ3n) is 1.20. The zero-order valence-corrected chi connectivity index (χ0v) is 7.79. The molecule has 0 saturated heterocycles. The van der Waals surface area contributed by atoms with E-state index >= 15 is 0 Å². The third-order valence-corrected chi connectivity index (χ3v) is 1.60. The summed E-state index contributed by atoms with van der Waals surface area (Å²) in [5.74, 6) is 0. The second-order valence-electron chi connectivity index (χ2n) is 2.04. The molecule has 0 aliphatic rings. The molecule has 11 heavy (non-hydrogen) atoms. The molecule has 0 heterocycles. The Morgan fingerprint density at radius 2 is 2.09 bits per heavy atom. The lowest BCUT2D eigenvalue weighted by molar-refractivity contribution is 0.202. The minimum atomic E-state index is -0.0397. The number of benzene rings is 1. The van der Waals surface area contributed by atoms with Crippen molar-refractivity contribution in [2.75, 3.05) is 13.7 Å². The molecule has 0 N–H and O–H groups in total. The van der Waals surface area contributed by atoms with E-state index in [1.165, 1.54) is 7.11 Å². The van der Waals surface area contributed by atoms with Crippen molar-refractivity contribution in [3.05, 3.63) is 34.2 Å². The summed E-state index contributed by atoms with van der Waals surface area (Å²) < 4.78 is 35.6. The Hall–Kier alpha value is -0.340. The molecule has 1 aromatic carbocycles. The standard InChI is InChI=1S/C9H11BrO/c1-11-7-6-8-2-4-9(10)5-3-8/h2-5H,6-7H2,1H3/i2D,3D,4D,5D. The van der Waals surface area contributed by atoms with Crippen LogP contribution in [0.25, 0.3) is 0 Å². The molecule has 0 bridgehead atoms. The summed E-state index contributed by atoms with van der Waals surface area (Å²) >= 11 is 3.04. The quantitative estimate of drug-likeness (QED) is 0.759. The average Bonchev–Trinajstić information content (AvgIpc) is 2.24. The highest BCUT2D eigenvalue weighted by Gasteiger charge is 1.90. The molecule has 0 saturated carbocycles. The van der Waals surface area contributed by atoms with Crippen molar-refractivity contribution < 1.29 is 10.2 Å².